The van der Waals surface area contributed by atoms with Gasteiger partial charge in [0, 0.05) is 11.4 Å². The van der Waals surface area contributed by atoms with Gasteiger partial charge in [-0.25, -0.2) is 0 Å². The molecule has 31 heavy (non-hydrogen) atoms. The zero-order chi connectivity index (χ0) is 24.2. The Hall–Kier alpha value is -2.80. The molecule has 0 amide bonds. The van der Waals surface area contributed by atoms with Crippen molar-refractivity contribution in [1.82, 2.24) is 0 Å². The van der Waals surface area contributed by atoms with Crippen molar-refractivity contribution in [2.75, 3.05) is 11.5 Å². The van der Waals surface area contributed by atoms with Gasteiger partial charge in [0.2, 0.25) is 5.41 Å². The lowest BCUT2D eigenvalue weighted by molar-refractivity contribution is -0.289. The Morgan fingerprint density at radius 2 is 0.968 bits per heavy atom. The first kappa shape index (κ1) is 24.5. The summed E-state index contributed by atoms with van der Waals surface area (Å²) in [7, 11) is 0. The van der Waals surface area contributed by atoms with Gasteiger partial charge in [0.05, 0.1) is 11.1 Å². The van der Waals surface area contributed by atoms with Crippen LogP contribution < -0.4 is 11.5 Å². The van der Waals surface area contributed by atoms with Crippen LogP contribution in [-0.2, 0) is 17.8 Å². The number of alkyl halides is 12. The standard InChI is InChI=1S/C17H10F12N2/c18-14(19,20)8-3-7(4-10(31)5-8)13(16(24,25)26,17(27,28)29)11-2-1-9(30)6-12(11)15(21,22)23/h1-6H,30-31H2. The van der Waals surface area contributed by atoms with Gasteiger partial charge in [0.15, 0.2) is 0 Å². The SMILES string of the molecule is Nc1cc(C(F)(F)F)cc(C(c2ccc(N)cc2C(F)(F)F)(C(F)(F)F)C(F)(F)F)c1. The molecule has 0 saturated heterocycles. The van der Waals surface area contributed by atoms with Gasteiger partial charge in [-0.15, -0.1) is 0 Å². The van der Waals surface area contributed by atoms with Crippen LogP contribution in [0, 0.1) is 0 Å². The quantitative estimate of drug-likeness (QED) is 0.400. The zero-order valence-corrected chi connectivity index (χ0v) is 14.7. The van der Waals surface area contributed by atoms with Crippen LogP contribution in [0.5, 0.6) is 0 Å². The van der Waals surface area contributed by atoms with Crippen LogP contribution in [0.1, 0.15) is 22.3 Å². The first-order valence-electron chi connectivity index (χ1n) is 7.82. The fourth-order valence-corrected chi connectivity index (χ4v) is 3.10. The Balaban J connectivity index is 3.16. The molecule has 14 heteroatoms. The first-order chi connectivity index (χ1) is 13.7. The highest BCUT2D eigenvalue weighted by atomic mass is 19.4. The highest BCUT2D eigenvalue weighted by Crippen LogP contribution is 2.59. The van der Waals surface area contributed by atoms with Gasteiger partial charge >= 0.3 is 24.7 Å². The predicted molar refractivity (Wildman–Crippen MR) is 84.6 cm³/mol. The molecule has 2 aromatic carbocycles. The largest absolute Gasteiger partial charge is 0.416 e. The van der Waals surface area contributed by atoms with E-state index >= 15 is 0 Å². The number of rotatable bonds is 2. The number of nitrogen functional groups attached to an aromatic ring is 2. The molecule has 2 rings (SSSR count). The van der Waals surface area contributed by atoms with Gasteiger partial charge in [0.25, 0.3) is 0 Å². The highest BCUT2D eigenvalue weighted by molar-refractivity contribution is 5.57. The molecule has 2 nitrogen and oxygen atoms in total. The molecular formula is C17H10F12N2. The molecule has 4 N–H and O–H groups in total. The number of hydrogen-bond acceptors (Lipinski definition) is 2. The average Bonchev–Trinajstić information content (AvgIpc) is 2.51. The summed E-state index contributed by atoms with van der Waals surface area (Å²) in [6.45, 7) is 0. The second-order valence-electron chi connectivity index (χ2n) is 6.39. The third-order valence-corrected chi connectivity index (χ3v) is 4.32. The molecule has 0 aliphatic heterocycles. The lowest BCUT2D eigenvalue weighted by Gasteiger charge is -2.40. The van der Waals surface area contributed by atoms with E-state index in [2.05, 4.69) is 0 Å². The summed E-state index contributed by atoms with van der Waals surface area (Å²) in [6, 6.07) is -0.586. The minimum absolute atomic E-state index is 0.0503. The van der Waals surface area contributed by atoms with Crippen molar-refractivity contribution < 1.29 is 52.7 Å². The molecule has 172 valence electrons. The molecule has 0 saturated carbocycles. The van der Waals surface area contributed by atoms with E-state index in [0.717, 1.165) is 0 Å². The summed E-state index contributed by atoms with van der Waals surface area (Å²) in [5.41, 5.74) is -6.32. The summed E-state index contributed by atoms with van der Waals surface area (Å²) in [6.07, 6.45) is -24.4. The molecule has 0 aliphatic rings. The molecule has 0 spiro atoms. The maximum Gasteiger partial charge on any atom is 0.416 e. The molecule has 0 aromatic heterocycles. The summed E-state index contributed by atoms with van der Waals surface area (Å²) in [5.74, 6) is 0. The lowest BCUT2D eigenvalue weighted by Crippen LogP contribution is -2.55. The van der Waals surface area contributed by atoms with Crippen LogP contribution in [0.25, 0.3) is 0 Å². The average molecular weight is 470 g/mol. The fraction of sp³-hybridized carbons (Fsp3) is 0.294. The highest BCUT2D eigenvalue weighted by Gasteiger charge is 2.74. The fourth-order valence-electron chi connectivity index (χ4n) is 3.10. The van der Waals surface area contributed by atoms with Crippen molar-refractivity contribution in [3.8, 4) is 0 Å². The van der Waals surface area contributed by atoms with E-state index in [9.17, 15) is 52.7 Å². The number of benzene rings is 2. The summed E-state index contributed by atoms with van der Waals surface area (Å²) < 4.78 is 164. The van der Waals surface area contributed by atoms with Gasteiger partial charge in [-0.2, -0.15) is 52.7 Å². The van der Waals surface area contributed by atoms with E-state index < -0.39 is 69.8 Å². The van der Waals surface area contributed by atoms with E-state index in [4.69, 9.17) is 11.5 Å². The topological polar surface area (TPSA) is 52.0 Å². The van der Waals surface area contributed by atoms with Crippen molar-refractivity contribution in [1.29, 1.82) is 0 Å². The lowest BCUT2D eigenvalue weighted by atomic mass is 9.70. The van der Waals surface area contributed by atoms with E-state index in [1.54, 1.807) is 0 Å². The Labute approximate surface area is 165 Å². The van der Waals surface area contributed by atoms with Crippen LogP contribution in [0.4, 0.5) is 64.1 Å². The summed E-state index contributed by atoms with van der Waals surface area (Å²) in [5, 5.41) is 0. The molecular weight excluding hydrogens is 460 g/mol. The molecule has 0 heterocycles. The monoisotopic (exact) mass is 470 g/mol. The van der Waals surface area contributed by atoms with E-state index in [1.165, 1.54) is 0 Å². The van der Waals surface area contributed by atoms with Gasteiger partial charge in [-0.1, -0.05) is 6.07 Å². The molecule has 0 fully saturated rings. The minimum atomic E-state index is -6.57. The van der Waals surface area contributed by atoms with Gasteiger partial charge in [-0.05, 0) is 41.5 Å². The molecule has 0 bridgehead atoms. The minimum Gasteiger partial charge on any atom is -0.399 e. The van der Waals surface area contributed by atoms with Crippen molar-refractivity contribution in [2.24, 2.45) is 0 Å². The third kappa shape index (κ3) is 4.19. The van der Waals surface area contributed by atoms with E-state index in [1.807, 2.05) is 0 Å². The second-order valence-corrected chi connectivity index (χ2v) is 6.39. The number of halogens is 12. The van der Waals surface area contributed by atoms with Gasteiger partial charge < -0.3 is 11.5 Å². The predicted octanol–water partition coefficient (Wildman–Crippen LogP) is 6.30. The van der Waals surface area contributed by atoms with Crippen LogP contribution in [0.3, 0.4) is 0 Å². The second kappa shape index (κ2) is 7.12. The van der Waals surface area contributed by atoms with Crippen LogP contribution in [0.2, 0.25) is 0 Å². The molecule has 2 aromatic rings. The molecule has 0 aliphatic carbocycles. The van der Waals surface area contributed by atoms with Crippen molar-refractivity contribution >= 4 is 11.4 Å². The normalized spacial score (nSPS) is 14.1. The first-order valence-corrected chi connectivity index (χ1v) is 7.82. The Kier molecular flexibility index (Phi) is 5.62. The Morgan fingerprint density at radius 3 is 1.39 bits per heavy atom. The number of anilines is 2. The van der Waals surface area contributed by atoms with Crippen LogP contribution in [-0.4, -0.2) is 12.4 Å². The number of nitrogens with two attached hydrogens (primary N) is 2. The van der Waals surface area contributed by atoms with E-state index in [-0.39, 0.29) is 24.3 Å². The number of hydrogen-bond donors (Lipinski definition) is 2. The van der Waals surface area contributed by atoms with E-state index in [0.29, 0.717) is 6.07 Å². The third-order valence-electron chi connectivity index (χ3n) is 4.32. The van der Waals surface area contributed by atoms with Gasteiger partial charge in [0.1, 0.15) is 0 Å². The summed E-state index contributed by atoms with van der Waals surface area (Å²) in [4.78, 5) is 0. The molecule has 0 radical (unpaired) electrons. The maximum absolute atomic E-state index is 14.0. The van der Waals surface area contributed by atoms with Crippen LogP contribution >= 0.6 is 0 Å². The smallest absolute Gasteiger partial charge is 0.399 e. The van der Waals surface area contributed by atoms with Crippen LogP contribution in [0.15, 0.2) is 36.4 Å². The molecule has 0 unspecified atom stereocenters. The summed E-state index contributed by atoms with van der Waals surface area (Å²) >= 11 is 0. The maximum atomic E-state index is 14.0. The Morgan fingerprint density at radius 1 is 0.484 bits per heavy atom. The van der Waals surface area contributed by atoms with Crippen molar-refractivity contribution in [3.63, 3.8) is 0 Å². The van der Waals surface area contributed by atoms with Crippen molar-refractivity contribution in [3.05, 3.63) is 58.7 Å². The van der Waals surface area contributed by atoms with Gasteiger partial charge in [-0.3, -0.25) is 0 Å². The van der Waals surface area contributed by atoms with Crippen molar-refractivity contribution in [2.45, 2.75) is 30.1 Å². The zero-order valence-electron chi connectivity index (χ0n) is 14.7. The Bertz CT molecular complexity index is 953. The molecule has 0 atom stereocenters.